The van der Waals surface area contributed by atoms with E-state index in [9.17, 15) is 0 Å². The molecule has 0 N–H and O–H groups in total. The minimum Gasteiger partial charge on any atom is -0.309 e. The zero-order chi connectivity index (χ0) is 37.5. The Morgan fingerprint density at radius 1 is 0.316 bits per heavy atom. The van der Waals surface area contributed by atoms with Gasteiger partial charge in [-0.3, -0.25) is 0 Å². The second-order valence-corrected chi connectivity index (χ2v) is 16.6. The first-order chi connectivity index (χ1) is 28.2. The van der Waals surface area contributed by atoms with Crippen molar-refractivity contribution < 1.29 is 0 Å². The smallest absolute Gasteiger partial charge is 0.164 e. The fraction of sp³-hybridized carbons (Fsp3) is 0. The van der Waals surface area contributed by atoms with Crippen molar-refractivity contribution in [3.05, 3.63) is 182 Å². The summed E-state index contributed by atoms with van der Waals surface area (Å²) in [6.07, 6.45) is 0. The molecule has 4 nitrogen and oxygen atoms in total. The van der Waals surface area contributed by atoms with Crippen LogP contribution in [0.15, 0.2) is 182 Å². The number of hydrogen-bond donors (Lipinski definition) is 0. The fourth-order valence-electron chi connectivity index (χ4n) is 8.39. The van der Waals surface area contributed by atoms with Gasteiger partial charge in [-0.1, -0.05) is 121 Å². The van der Waals surface area contributed by atoms with Crippen LogP contribution >= 0.6 is 22.7 Å². The molecule has 266 valence electrons. The van der Waals surface area contributed by atoms with Crippen LogP contribution in [-0.4, -0.2) is 19.5 Å². The Morgan fingerprint density at radius 3 is 1.47 bits per heavy atom. The van der Waals surface area contributed by atoms with Gasteiger partial charge in [0.15, 0.2) is 17.5 Å². The summed E-state index contributed by atoms with van der Waals surface area (Å²) in [5.74, 6) is 1.99. The molecule has 0 bridgehead atoms. The van der Waals surface area contributed by atoms with Crippen molar-refractivity contribution in [3.8, 4) is 51.0 Å². The van der Waals surface area contributed by atoms with Crippen LogP contribution in [0, 0.1) is 0 Å². The molecular formula is C51H30N4S2. The molecule has 0 spiro atoms. The molecule has 12 aromatic rings. The maximum absolute atomic E-state index is 5.02. The molecule has 4 heterocycles. The van der Waals surface area contributed by atoms with Crippen LogP contribution in [0.25, 0.3) is 113 Å². The first-order valence-electron chi connectivity index (χ1n) is 19.0. The van der Waals surface area contributed by atoms with Crippen LogP contribution in [0.3, 0.4) is 0 Å². The third-order valence-electron chi connectivity index (χ3n) is 11.1. The minimum atomic E-state index is 0.663. The van der Waals surface area contributed by atoms with Gasteiger partial charge < -0.3 is 4.57 Å². The molecule has 6 heteroatoms. The van der Waals surface area contributed by atoms with Crippen molar-refractivity contribution in [1.29, 1.82) is 0 Å². The lowest BCUT2D eigenvalue weighted by Gasteiger charge is -2.10. The Labute approximate surface area is 335 Å². The lowest BCUT2D eigenvalue weighted by atomic mass is 10.0. The van der Waals surface area contributed by atoms with Crippen LogP contribution in [0.2, 0.25) is 0 Å². The van der Waals surface area contributed by atoms with E-state index in [-0.39, 0.29) is 0 Å². The topological polar surface area (TPSA) is 43.6 Å². The number of rotatable bonds is 5. The van der Waals surface area contributed by atoms with E-state index in [4.69, 9.17) is 15.0 Å². The maximum atomic E-state index is 5.02. The quantitative estimate of drug-likeness (QED) is 0.175. The van der Waals surface area contributed by atoms with Crippen molar-refractivity contribution in [2.45, 2.75) is 0 Å². The number of thiophene rings is 2. The van der Waals surface area contributed by atoms with Gasteiger partial charge in [0, 0.05) is 67.8 Å². The second-order valence-electron chi connectivity index (χ2n) is 14.4. The van der Waals surface area contributed by atoms with E-state index in [1.54, 1.807) is 0 Å². The van der Waals surface area contributed by atoms with Crippen LogP contribution in [0.5, 0.6) is 0 Å². The number of benzene rings is 8. The van der Waals surface area contributed by atoms with Gasteiger partial charge in [0.05, 0.1) is 16.7 Å². The largest absolute Gasteiger partial charge is 0.309 e. The molecule has 0 atom stereocenters. The minimum absolute atomic E-state index is 0.663. The summed E-state index contributed by atoms with van der Waals surface area (Å²) in [6, 6.07) is 65.0. The predicted octanol–water partition coefficient (Wildman–Crippen LogP) is 14.4. The number of aromatic nitrogens is 4. The van der Waals surface area contributed by atoms with E-state index in [0.29, 0.717) is 17.5 Å². The van der Waals surface area contributed by atoms with E-state index in [1.165, 1.54) is 79.0 Å². The molecule has 0 aliphatic carbocycles. The monoisotopic (exact) mass is 762 g/mol. The first-order valence-corrected chi connectivity index (χ1v) is 20.6. The molecule has 0 saturated carbocycles. The normalized spacial score (nSPS) is 11.9. The summed E-state index contributed by atoms with van der Waals surface area (Å²) >= 11 is 3.69. The highest BCUT2D eigenvalue weighted by Crippen LogP contribution is 2.43. The van der Waals surface area contributed by atoms with Gasteiger partial charge in [-0.25, -0.2) is 15.0 Å². The standard InChI is InChI=1S/C51H30N4S2/c1-3-12-31(13-4-1)49-52-50(32-14-5-2-6-15-32)54-51(53-49)35-24-27-45-40(29-35)39-28-33(23-26-44(39)56-45)34-22-25-38-47(30-34)57-46-21-11-20-43(48(38)46)55-41-18-9-7-16-36(41)37-17-8-10-19-42(37)55/h1-30H. The van der Waals surface area contributed by atoms with Crippen molar-refractivity contribution in [2.24, 2.45) is 0 Å². The molecule has 0 aliphatic rings. The number of fused-ring (bicyclic) bond motifs is 9. The Morgan fingerprint density at radius 2 is 0.825 bits per heavy atom. The first kappa shape index (κ1) is 32.3. The zero-order valence-electron chi connectivity index (χ0n) is 30.4. The second kappa shape index (κ2) is 12.8. The van der Waals surface area contributed by atoms with Gasteiger partial charge in [-0.15, -0.1) is 22.7 Å². The number of hydrogen-bond acceptors (Lipinski definition) is 5. The van der Waals surface area contributed by atoms with E-state index < -0.39 is 0 Å². The van der Waals surface area contributed by atoms with E-state index in [0.717, 1.165) is 16.7 Å². The summed E-state index contributed by atoms with van der Waals surface area (Å²) in [5, 5.41) is 7.57. The molecular weight excluding hydrogens is 733 g/mol. The average Bonchev–Trinajstić information content (AvgIpc) is 3.95. The SMILES string of the molecule is c1ccc(-c2nc(-c3ccccc3)nc(-c3ccc4sc5ccc(-c6ccc7c(c6)sc6cccc(-n8c9ccccc9c9ccccc98)c67)cc5c4c3)n2)cc1. The molecule has 57 heavy (non-hydrogen) atoms. The lowest BCUT2D eigenvalue weighted by Crippen LogP contribution is -2.00. The summed E-state index contributed by atoms with van der Waals surface area (Å²) < 4.78 is 7.52. The predicted molar refractivity (Wildman–Crippen MR) is 242 cm³/mol. The van der Waals surface area contributed by atoms with Crippen molar-refractivity contribution in [1.82, 2.24) is 19.5 Å². The lowest BCUT2D eigenvalue weighted by molar-refractivity contribution is 1.07. The highest BCUT2D eigenvalue weighted by molar-refractivity contribution is 7.26. The number of nitrogens with zero attached hydrogens (tertiary/aromatic N) is 4. The highest BCUT2D eigenvalue weighted by atomic mass is 32.1. The Kier molecular flexibility index (Phi) is 7.24. The summed E-state index contributed by atoms with van der Waals surface area (Å²) in [7, 11) is 0. The molecule has 0 unspecified atom stereocenters. The van der Waals surface area contributed by atoms with E-state index >= 15 is 0 Å². The van der Waals surface area contributed by atoms with Crippen LogP contribution in [0.1, 0.15) is 0 Å². The molecule has 12 rings (SSSR count). The third-order valence-corrected chi connectivity index (χ3v) is 13.3. The van der Waals surface area contributed by atoms with Crippen molar-refractivity contribution >= 4 is 84.8 Å². The molecule has 0 aliphatic heterocycles. The van der Waals surface area contributed by atoms with Gasteiger partial charge in [0.2, 0.25) is 0 Å². The molecule has 0 saturated heterocycles. The number of para-hydroxylation sites is 2. The molecule has 0 amide bonds. The molecule has 0 radical (unpaired) electrons. The van der Waals surface area contributed by atoms with E-state index in [2.05, 4.69) is 126 Å². The molecule has 8 aromatic carbocycles. The molecule has 0 fully saturated rings. The van der Waals surface area contributed by atoms with Crippen LogP contribution in [-0.2, 0) is 0 Å². The average molecular weight is 763 g/mol. The fourth-order valence-corrected chi connectivity index (χ4v) is 10.6. The van der Waals surface area contributed by atoms with Gasteiger partial charge >= 0.3 is 0 Å². The van der Waals surface area contributed by atoms with E-state index in [1.807, 2.05) is 83.3 Å². The zero-order valence-corrected chi connectivity index (χ0v) is 32.1. The third kappa shape index (κ3) is 5.22. The summed E-state index contributed by atoms with van der Waals surface area (Å²) in [5.41, 5.74) is 8.98. The Balaban J connectivity index is 0.978. The van der Waals surface area contributed by atoms with Gasteiger partial charge in [0.1, 0.15) is 0 Å². The van der Waals surface area contributed by atoms with Crippen LogP contribution < -0.4 is 0 Å². The summed E-state index contributed by atoms with van der Waals surface area (Å²) in [6.45, 7) is 0. The Bertz CT molecular complexity index is 3410. The van der Waals surface area contributed by atoms with Crippen molar-refractivity contribution in [2.75, 3.05) is 0 Å². The van der Waals surface area contributed by atoms with Crippen LogP contribution in [0.4, 0.5) is 0 Å². The maximum Gasteiger partial charge on any atom is 0.164 e. The highest BCUT2D eigenvalue weighted by Gasteiger charge is 2.18. The van der Waals surface area contributed by atoms with Gasteiger partial charge in [-0.05, 0) is 71.8 Å². The van der Waals surface area contributed by atoms with Gasteiger partial charge in [0.25, 0.3) is 0 Å². The Hall–Kier alpha value is -6.99. The van der Waals surface area contributed by atoms with Crippen molar-refractivity contribution in [3.63, 3.8) is 0 Å². The van der Waals surface area contributed by atoms with Gasteiger partial charge in [-0.2, -0.15) is 0 Å². The summed E-state index contributed by atoms with van der Waals surface area (Å²) in [4.78, 5) is 14.9. The molecule has 4 aromatic heterocycles.